The van der Waals surface area contributed by atoms with Gasteiger partial charge in [-0.2, -0.15) is 4.98 Å². The van der Waals surface area contributed by atoms with Crippen molar-refractivity contribution in [1.29, 1.82) is 0 Å². The van der Waals surface area contributed by atoms with E-state index >= 15 is 0 Å². The molecule has 2 fully saturated rings. The molecule has 1 atom stereocenters. The van der Waals surface area contributed by atoms with Crippen LogP contribution in [0, 0.1) is 0 Å². The SMILES string of the molecule is C/C=C/CN1CCCC1CNc1nccc(N2CCCCCC2)n1. The second-order valence-corrected chi connectivity index (χ2v) is 6.88. The minimum Gasteiger partial charge on any atom is -0.356 e. The summed E-state index contributed by atoms with van der Waals surface area (Å²) in [5, 5.41) is 3.47. The summed E-state index contributed by atoms with van der Waals surface area (Å²) < 4.78 is 0. The molecule has 0 aliphatic carbocycles. The van der Waals surface area contributed by atoms with Crippen molar-refractivity contribution in [3.05, 3.63) is 24.4 Å². The third-order valence-corrected chi connectivity index (χ3v) is 5.14. The second-order valence-electron chi connectivity index (χ2n) is 6.88. The van der Waals surface area contributed by atoms with E-state index in [-0.39, 0.29) is 0 Å². The van der Waals surface area contributed by atoms with Gasteiger partial charge in [0, 0.05) is 38.4 Å². The van der Waals surface area contributed by atoms with Gasteiger partial charge in [-0.05, 0) is 45.2 Å². The fourth-order valence-electron chi connectivity index (χ4n) is 3.73. The molecule has 3 rings (SSSR count). The molecule has 5 heteroatoms. The molecule has 0 bridgehead atoms. The van der Waals surface area contributed by atoms with Gasteiger partial charge in [0.25, 0.3) is 0 Å². The van der Waals surface area contributed by atoms with Gasteiger partial charge in [-0.1, -0.05) is 25.0 Å². The molecule has 0 aromatic carbocycles. The van der Waals surface area contributed by atoms with Crippen LogP contribution in [-0.4, -0.2) is 53.6 Å². The normalized spacial score (nSPS) is 22.9. The van der Waals surface area contributed by atoms with Crippen LogP contribution < -0.4 is 10.2 Å². The first-order valence-corrected chi connectivity index (χ1v) is 9.54. The monoisotopic (exact) mass is 329 g/mol. The van der Waals surface area contributed by atoms with Crippen LogP contribution in [0.15, 0.2) is 24.4 Å². The Hall–Kier alpha value is -1.62. The van der Waals surface area contributed by atoms with Gasteiger partial charge in [0.05, 0.1) is 0 Å². The van der Waals surface area contributed by atoms with Crippen LogP contribution in [0.3, 0.4) is 0 Å². The predicted octanol–water partition coefficient (Wildman–Crippen LogP) is 3.31. The van der Waals surface area contributed by atoms with Crippen LogP contribution >= 0.6 is 0 Å². The zero-order valence-corrected chi connectivity index (χ0v) is 15.0. The average molecular weight is 329 g/mol. The zero-order chi connectivity index (χ0) is 16.6. The van der Waals surface area contributed by atoms with E-state index in [0.29, 0.717) is 6.04 Å². The number of allylic oxidation sites excluding steroid dienone is 1. The lowest BCUT2D eigenvalue weighted by atomic mass is 10.2. The summed E-state index contributed by atoms with van der Waals surface area (Å²) in [5.74, 6) is 1.85. The molecule has 3 heterocycles. The largest absolute Gasteiger partial charge is 0.356 e. The molecule has 1 N–H and O–H groups in total. The molecule has 2 aliphatic heterocycles. The summed E-state index contributed by atoms with van der Waals surface area (Å²) in [6.45, 7) is 7.52. The first-order valence-electron chi connectivity index (χ1n) is 9.54. The molecule has 24 heavy (non-hydrogen) atoms. The number of nitrogens with zero attached hydrogens (tertiary/aromatic N) is 4. The van der Waals surface area contributed by atoms with Gasteiger partial charge in [0.2, 0.25) is 5.95 Å². The molecule has 0 spiro atoms. The van der Waals surface area contributed by atoms with Gasteiger partial charge in [-0.15, -0.1) is 0 Å². The van der Waals surface area contributed by atoms with Crippen molar-refractivity contribution in [2.24, 2.45) is 0 Å². The molecule has 0 saturated carbocycles. The van der Waals surface area contributed by atoms with Crippen molar-refractivity contribution >= 4 is 11.8 Å². The molecular weight excluding hydrogens is 298 g/mol. The Morgan fingerprint density at radius 1 is 1.17 bits per heavy atom. The van der Waals surface area contributed by atoms with Crippen molar-refractivity contribution in [3.8, 4) is 0 Å². The lowest BCUT2D eigenvalue weighted by molar-refractivity contribution is 0.290. The Morgan fingerprint density at radius 3 is 2.79 bits per heavy atom. The van der Waals surface area contributed by atoms with Crippen molar-refractivity contribution in [1.82, 2.24) is 14.9 Å². The lowest BCUT2D eigenvalue weighted by Crippen LogP contribution is -2.35. The van der Waals surface area contributed by atoms with Gasteiger partial charge >= 0.3 is 0 Å². The maximum absolute atomic E-state index is 4.76. The molecular formula is C19H31N5. The van der Waals surface area contributed by atoms with Gasteiger partial charge < -0.3 is 10.2 Å². The first kappa shape index (κ1) is 17.2. The molecule has 0 amide bonds. The molecule has 2 saturated heterocycles. The van der Waals surface area contributed by atoms with E-state index in [4.69, 9.17) is 4.98 Å². The van der Waals surface area contributed by atoms with Crippen LogP contribution in [-0.2, 0) is 0 Å². The van der Waals surface area contributed by atoms with Crippen LogP contribution in [0.5, 0.6) is 0 Å². The standard InChI is InChI=1S/C19H31N5/c1-2-3-12-23-15-8-9-17(23)16-21-19-20-11-10-18(22-19)24-13-6-4-5-7-14-24/h2-3,10-11,17H,4-9,12-16H2,1H3,(H,20,21,22)/b3-2+. The van der Waals surface area contributed by atoms with Crippen LogP contribution in [0.4, 0.5) is 11.8 Å². The Labute approximate surface area is 146 Å². The van der Waals surface area contributed by atoms with Gasteiger partial charge in [0.15, 0.2) is 0 Å². The van der Waals surface area contributed by atoms with E-state index in [9.17, 15) is 0 Å². The minimum absolute atomic E-state index is 0.589. The number of hydrogen-bond acceptors (Lipinski definition) is 5. The maximum atomic E-state index is 4.76. The number of nitrogens with one attached hydrogen (secondary N) is 1. The number of aromatic nitrogens is 2. The van der Waals surface area contributed by atoms with E-state index in [1.165, 1.54) is 45.1 Å². The fourth-order valence-corrected chi connectivity index (χ4v) is 3.73. The number of rotatable bonds is 6. The molecule has 0 radical (unpaired) electrons. The van der Waals surface area contributed by atoms with E-state index in [0.717, 1.165) is 37.9 Å². The molecule has 1 aromatic rings. The quantitative estimate of drug-likeness (QED) is 0.811. The van der Waals surface area contributed by atoms with E-state index in [1.807, 2.05) is 12.3 Å². The fraction of sp³-hybridized carbons (Fsp3) is 0.684. The molecule has 5 nitrogen and oxygen atoms in total. The Balaban J connectivity index is 1.56. The van der Waals surface area contributed by atoms with E-state index < -0.39 is 0 Å². The summed E-state index contributed by atoms with van der Waals surface area (Å²) in [4.78, 5) is 14.1. The highest BCUT2D eigenvalue weighted by Gasteiger charge is 2.23. The smallest absolute Gasteiger partial charge is 0.224 e. The summed E-state index contributed by atoms with van der Waals surface area (Å²) in [7, 11) is 0. The predicted molar refractivity (Wildman–Crippen MR) is 101 cm³/mol. The van der Waals surface area contributed by atoms with Crippen molar-refractivity contribution in [3.63, 3.8) is 0 Å². The summed E-state index contributed by atoms with van der Waals surface area (Å²) in [6.07, 6.45) is 14.1. The molecule has 1 unspecified atom stereocenters. The molecule has 132 valence electrons. The molecule has 1 aromatic heterocycles. The third kappa shape index (κ3) is 4.69. The number of likely N-dealkylation sites (tertiary alicyclic amines) is 1. The van der Waals surface area contributed by atoms with Crippen molar-refractivity contribution < 1.29 is 0 Å². The Kier molecular flexibility index (Phi) is 6.47. The summed E-state index contributed by atoms with van der Waals surface area (Å²) in [5.41, 5.74) is 0. The topological polar surface area (TPSA) is 44.3 Å². The minimum atomic E-state index is 0.589. The van der Waals surface area contributed by atoms with E-state index in [1.54, 1.807) is 0 Å². The number of hydrogen-bond donors (Lipinski definition) is 1. The molecule has 2 aliphatic rings. The highest BCUT2D eigenvalue weighted by Crippen LogP contribution is 2.19. The third-order valence-electron chi connectivity index (χ3n) is 5.14. The summed E-state index contributed by atoms with van der Waals surface area (Å²) in [6, 6.07) is 2.64. The van der Waals surface area contributed by atoms with Crippen molar-refractivity contribution in [2.75, 3.05) is 42.9 Å². The average Bonchev–Trinajstić information content (AvgIpc) is 2.88. The van der Waals surface area contributed by atoms with Gasteiger partial charge in [-0.3, -0.25) is 4.90 Å². The second kappa shape index (κ2) is 9.02. The van der Waals surface area contributed by atoms with Crippen LogP contribution in [0.25, 0.3) is 0 Å². The van der Waals surface area contributed by atoms with Crippen LogP contribution in [0.1, 0.15) is 45.4 Å². The first-order chi connectivity index (χ1) is 11.9. The highest BCUT2D eigenvalue weighted by molar-refractivity contribution is 5.42. The zero-order valence-electron chi connectivity index (χ0n) is 15.0. The maximum Gasteiger partial charge on any atom is 0.224 e. The summed E-state index contributed by atoms with van der Waals surface area (Å²) >= 11 is 0. The Bertz CT molecular complexity index is 522. The van der Waals surface area contributed by atoms with Gasteiger partial charge in [-0.25, -0.2) is 4.98 Å². The van der Waals surface area contributed by atoms with E-state index in [2.05, 4.69) is 39.2 Å². The van der Waals surface area contributed by atoms with Gasteiger partial charge in [0.1, 0.15) is 5.82 Å². The van der Waals surface area contributed by atoms with Crippen molar-refractivity contribution in [2.45, 2.75) is 51.5 Å². The number of anilines is 2. The lowest BCUT2D eigenvalue weighted by Gasteiger charge is -2.24. The highest BCUT2D eigenvalue weighted by atomic mass is 15.2. The van der Waals surface area contributed by atoms with Crippen LogP contribution in [0.2, 0.25) is 0 Å². The Morgan fingerprint density at radius 2 is 2.00 bits per heavy atom.